The van der Waals surface area contributed by atoms with Gasteiger partial charge in [-0.2, -0.15) is 0 Å². The lowest BCUT2D eigenvalue weighted by Crippen LogP contribution is -2.09. The number of esters is 1. The molecular formula is C27H23F3O4. The molecule has 0 fully saturated rings. The van der Waals surface area contributed by atoms with Gasteiger partial charge < -0.3 is 14.2 Å². The number of hydrogen-bond acceptors (Lipinski definition) is 4. The van der Waals surface area contributed by atoms with Crippen LogP contribution in [0.1, 0.15) is 52.7 Å². The van der Waals surface area contributed by atoms with Crippen LogP contribution in [0.15, 0.2) is 48.5 Å². The minimum absolute atomic E-state index is 0.0297. The Balaban J connectivity index is 1.38. The summed E-state index contributed by atoms with van der Waals surface area (Å²) in [5.74, 6) is -0.853. The Morgan fingerprint density at radius 1 is 1.06 bits per heavy atom. The van der Waals surface area contributed by atoms with Crippen molar-refractivity contribution in [2.45, 2.75) is 37.7 Å². The van der Waals surface area contributed by atoms with Gasteiger partial charge in [0.05, 0.1) is 20.1 Å². The van der Waals surface area contributed by atoms with Crippen molar-refractivity contribution in [3.05, 3.63) is 93.8 Å². The van der Waals surface area contributed by atoms with Gasteiger partial charge in [-0.25, -0.2) is 13.2 Å². The van der Waals surface area contributed by atoms with Crippen molar-refractivity contribution in [3.8, 4) is 11.5 Å². The molecule has 0 amide bonds. The first kappa shape index (κ1) is 22.3. The summed E-state index contributed by atoms with van der Waals surface area (Å²) < 4.78 is 59.8. The molecule has 4 nitrogen and oxygen atoms in total. The number of carbonyl (C=O) groups is 1. The average molecular weight is 468 g/mol. The molecule has 34 heavy (non-hydrogen) atoms. The van der Waals surface area contributed by atoms with Gasteiger partial charge in [-0.1, -0.05) is 18.2 Å². The van der Waals surface area contributed by atoms with Crippen LogP contribution in [0.5, 0.6) is 11.5 Å². The van der Waals surface area contributed by atoms with Crippen LogP contribution in [-0.4, -0.2) is 19.7 Å². The van der Waals surface area contributed by atoms with Crippen LogP contribution in [0.4, 0.5) is 13.2 Å². The van der Waals surface area contributed by atoms with E-state index in [9.17, 15) is 18.0 Å². The Hall–Kier alpha value is -3.48. The normalized spacial score (nSPS) is 18.2. The average Bonchev–Trinajstić information content (AvgIpc) is 3.42. The van der Waals surface area contributed by atoms with E-state index in [0.29, 0.717) is 42.1 Å². The highest BCUT2D eigenvalue weighted by Crippen LogP contribution is 2.42. The Morgan fingerprint density at radius 2 is 1.85 bits per heavy atom. The molecular weight excluding hydrogens is 445 g/mol. The Labute approximate surface area is 195 Å². The number of carbonyl (C=O) groups excluding carboxylic acids is 1. The van der Waals surface area contributed by atoms with Gasteiger partial charge in [0.2, 0.25) is 0 Å². The number of fused-ring (bicyclic) bond motifs is 2. The van der Waals surface area contributed by atoms with Crippen molar-refractivity contribution in [2.75, 3.05) is 13.7 Å². The summed E-state index contributed by atoms with van der Waals surface area (Å²) in [5, 5.41) is 0. The summed E-state index contributed by atoms with van der Waals surface area (Å²) in [7, 11) is 1.35. The molecule has 2 atom stereocenters. The second-order valence-corrected chi connectivity index (χ2v) is 8.61. The third kappa shape index (κ3) is 4.11. The van der Waals surface area contributed by atoms with Crippen molar-refractivity contribution < 1.29 is 32.2 Å². The zero-order valence-electron chi connectivity index (χ0n) is 18.6. The lowest BCUT2D eigenvalue weighted by Gasteiger charge is -2.17. The van der Waals surface area contributed by atoms with Gasteiger partial charge >= 0.3 is 5.97 Å². The van der Waals surface area contributed by atoms with Crippen LogP contribution in [0.3, 0.4) is 0 Å². The van der Waals surface area contributed by atoms with Crippen LogP contribution in [0.2, 0.25) is 0 Å². The van der Waals surface area contributed by atoms with E-state index in [1.165, 1.54) is 31.4 Å². The number of rotatable bonds is 6. The van der Waals surface area contributed by atoms with E-state index >= 15 is 0 Å². The SMILES string of the molecule is COC(=O)CC1COc2cc(O[C@@H]3CCc4c(Cc5c(F)cccc5F)ccc(F)c43)ccc21. The topological polar surface area (TPSA) is 44.8 Å². The minimum Gasteiger partial charge on any atom is -0.492 e. The molecule has 0 saturated heterocycles. The zero-order valence-corrected chi connectivity index (χ0v) is 18.6. The number of halogens is 3. The molecule has 1 aliphatic carbocycles. The molecule has 0 spiro atoms. The molecule has 0 bridgehead atoms. The molecule has 0 radical (unpaired) electrons. The van der Waals surface area contributed by atoms with E-state index in [4.69, 9.17) is 14.2 Å². The molecule has 1 heterocycles. The van der Waals surface area contributed by atoms with Crippen molar-refractivity contribution in [1.82, 2.24) is 0 Å². The second kappa shape index (κ2) is 9.05. The van der Waals surface area contributed by atoms with Crippen molar-refractivity contribution in [2.24, 2.45) is 0 Å². The van der Waals surface area contributed by atoms with Gasteiger partial charge in [-0.05, 0) is 48.2 Å². The largest absolute Gasteiger partial charge is 0.492 e. The van der Waals surface area contributed by atoms with Crippen molar-refractivity contribution in [3.63, 3.8) is 0 Å². The van der Waals surface area contributed by atoms with E-state index in [0.717, 1.165) is 11.1 Å². The first-order chi connectivity index (χ1) is 16.4. The standard InChI is InChI=1S/C27H23F3O4/c1-32-26(31)12-16-14-33-25-13-17(6-7-18(16)25)34-24-10-8-19-15(5-9-23(30)27(19)24)11-20-21(28)3-2-4-22(20)29/h2-7,9,13,16,24H,8,10-12,14H2,1H3/t16?,24-/m1/s1. The first-order valence-electron chi connectivity index (χ1n) is 11.2. The molecule has 7 heteroatoms. The van der Waals surface area contributed by atoms with E-state index < -0.39 is 23.6 Å². The summed E-state index contributed by atoms with van der Waals surface area (Å²) in [6.07, 6.45) is 0.849. The third-order valence-electron chi connectivity index (χ3n) is 6.59. The molecule has 0 saturated carbocycles. The maximum Gasteiger partial charge on any atom is 0.306 e. The highest BCUT2D eigenvalue weighted by molar-refractivity contribution is 5.71. The third-order valence-corrected chi connectivity index (χ3v) is 6.59. The summed E-state index contributed by atoms with van der Waals surface area (Å²) in [5.41, 5.74) is 2.74. The van der Waals surface area contributed by atoms with E-state index in [2.05, 4.69) is 0 Å². The number of ether oxygens (including phenoxy) is 3. The highest BCUT2D eigenvalue weighted by atomic mass is 19.1. The monoisotopic (exact) mass is 468 g/mol. The van der Waals surface area contributed by atoms with Crippen molar-refractivity contribution >= 4 is 5.97 Å². The van der Waals surface area contributed by atoms with E-state index in [1.54, 1.807) is 18.2 Å². The second-order valence-electron chi connectivity index (χ2n) is 8.61. The summed E-state index contributed by atoms with van der Waals surface area (Å²) in [6.45, 7) is 0.380. The minimum atomic E-state index is -0.618. The van der Waals surface area contributed by atoms with Crippen molar-refractivity contribution in [1.29, 1.82) is 0 Å². The fourth-order valence-electron chi connectivity index (χ4n) is 4.87. The predicted octanol–water partition coefficient (Wildman–Crippen LogP) is 5.80. The van der Waals surface area contributed by atoms with E-state index in [1.807, 2.05) is 6.07 Å². The molecule has 5 rings (SSSR count). The van der Waals surface area contributed by atoms with Gasteiger partial charge in [-0.3, -0.25) is 4.79 Å². The van der Waals surface area contributed by atoms with Gasteiger partial charge in [0, 0.05) is 35.1 Å². The first-order valence-corrected chi connectivity index (χ1v) is 11.2. The Bertz CT molecular complexity index is 1240. The summed E-state index contributed by atoms with van der Waals surface area (Å²) in [4.78, 5) is 11.6. The fourth-order valence-corrected chi connectivity index (χ4v) is 4.87. The molecule has 2 aliphatic rings. The lowest BCUT2D eigenvalue weighted by atomic mass is 9.96. The molecule has 0 N–H and O–H groups in total. The molecule has 0 aromatic heterocycles. The molecule has 3 aromatic rings. The number of benzene rings is 3. The van der Waals surface area contributed by atoms with Crippen LogP contribution in [0.25, 0.3) is 0 Å². The van der Waals surface area contributed by atoms with Gasteiger partial charge in [0.1, 0.15) is 35.1 Å². The number of hydrogen-bond donors (Lipinski definition) is 0. The Morgan fingerprint density at radius 3 is 2.62 bits per heavy atom. The molecule has 1 unspecified atom stereocenters. The van der Waals surface area contributed by atoms with E-state index in [-0.39, 0.29) is 30.3 Å². The highest BCUT2D eigenvalue weighted by Gasteiger charge is 2.32. The molecule has 176 valence electrons. The maximum atomic E-state index is 14.9. The molecule has 3 aromatic carbocycles. The van der Waals surface area contributed by atoms with Crippen LogP contribution in [-0.2, 0) is 22.4 Å². The van der Waals surface area contributed by atoms with Gasteiger partial charge in [-0.15, -0.1) is 0 Å². The predicted molar refractivity (Wildman–Crippen MR) is 119 cm³/mol. The molecule has 1 aliphatic heterocycles. The summed E-state index contributed by atoms with van der Waals surface area (Å²) >= 11 is 0. The quantitative estimate of drug-likeness (QED) is 0.429. The van der Waals surface area contributed by atoms with Crippen LogP contribution in [0, 0.1) is 17.5 Å². The smallest absolute Gasteiger partial charge is 0.306 e. The van der Waals surface area contributed by atoms with Gasteiger partial charge in [0.15, 0.2) is 0 Å². The lowest BCUT2D eigenvalue weighted by molar-refractivity contribution is -0.141. The number of methoxy groups -OCH3 is 1. The zero-order chi connectivity index (χ0) is 23.8. The van der Waals surface area contributed by atoms with Crippen LogP contribution < -0.4 is 9.47 Å². The fraction of sp³-hybridized carbons (Fsp3) is 0.296. The Kier molecular flexibility index (Phi) is 5.94. The maximum absolute atomic E-state index is 14.9. The van der Waals surface area contributed by atoms with Gasteiger partial charge in [0.25, 0.3) is 0 Å². The summed E-state index contributed by atoms with van der Waals surface area (Å²) in [6, 6.07) is 12.1. The van der Waals surface area contributed by atoms with Crippen LogP contribution >= 0.6 is 0 Å².